The molecule has 0 spiro atoms. The van der Waals surface area contributed by atoms with Crippen LogP contribution in [0.5, 0.6) is 0 Å². The molecule has 3 nitrogen and oxygen atoms in total. The third kappa shape index (κ3) is 3.24. The van der Waals surface area contributed by atoms with Crippen molar-refractivity contribution in [2.45, 2.75) is 24.2 Å². The van der Waals surface area contributed by atoms with Gasteiger partial charge in [0, 0.05) is 0 Å². The molecule has 1 aliphatic carbocycles. The van der Waals surface area contributed by atoms with Crippen molar-refractivity contribution >= 4 is 20.9 Å². The number of esters is 1. The molecular weight excluding hydrogens is 281 g/mol. The van der Waals surface area contributed by atoms with Gasteiger partial charge in [0.2, 0.25) is 0 Å². The molecule has 0 aromatic rings. The summed E-state index contributed by atoms with van der Waals surface area (Å²) < 4.78 is 5.03. The van der Waals surface area contributed by atoms with Gasteiger partial charge in [0.15, 0.2) is 0 Å². The van der Waals surface area contributed by atoms with E-state index in [2.05, 4.69) is 45.2 Å². The van der Waals surface area contributed by atoms with Crippen LogP contribution in [-0.2, 0) is 9.53 Å². The molecule has 0 bridgehead atoms. The van der Waals surface area contributed by atoms with Crippen LogP contribution in [0.2, 0.25) is 4.82 Å². The van der Waals surface area contributed by atoms with Gasteiger partial charge < -0.3 is 0 Å². The van der Waals surface area contributed by atoms with Crippen LogP contribution >= 0.6 is 0 Å². The van der Waals surface area contributed by atoms with Crippen molar-refractivity contribution in [3.63, 3.8) is 0 Å². The van der Waals surface area contributed by atoms with Crippen molar-refractivity contribution in [2.75, 3.05) is 20.7 Å². The molecule has 0 amide bonds. The van der Waals surface area contributed by atoms with Gasteiger partial charge in [-0.1, -0.05) is 0 Å². The second-order valence-corrected chi connectivity index (χ2v) is 7.43. The first-order valence-electron chi connectivity index (χ1n) is 5.82. The van der Waals surface area contributed by atoms with Crippen LogP contribution in [0.15, 0.2) is 0 Å². The second kappa shape index (κ2) is 5.73. The summed E-state index contributed by atoms with van der Waals surface area (Å²) in [6, 6.07) is 0.430. The van der Waals surface area contributed by atoms with Gasteiger partial charge in [0.05, 0.1) is 0 Å². The number of carbonyl (C=O) groups is 1. The molecule has 1 aliphatic heterocycles. The fourth-order valence-corrected chi connectivity index (χ4v) is 4.51. The zero-order valence-electron chi connectivity index (χ0n) is 10.5. The summed E-state index contributed by atoms with van der Waals surface area (Å²) in [4.78, 5) is 15.1. The summed E-state index contributed by atoms with van der Waals surface area (Å²) in [5.41, 5.74) is 0. The van der Waals surface area contributed by atoms with Gasteiger partial charge in [-0.05, 0) is 0 Å². The van der Waals surface area contributed by atoms with Crippen LogP contribution in [-0.4, -0.2) is 52.6 Å². The average Bonchev–Trinajstić information content (AvgIpc) is 2.87. The molecule has 2 fully saturated rings. The molecule has 0 aromatic heterocycles. The monoisotopic (exact) mass is 300 g/mol. The van der Waals surface area contributed by atoms with E-state index >= 15 is 0 Å². The van der Waals surface area contributed by atoms with Gasteiger partial charge in [0.25, 0.3) is 0 Å². The molecular formula is C13H18NO2Se. The summed E-state index contributed by atoms with van der Waals surface area (Å²) in [6.45, 7) is 2.82. The number of nitrogens with zero attached hydrogens (tertiary/aromatic N) is 1. The van der Waals surface area contributed by atoms with Gasteiger partial charge in [-0.3, -0.25) is 0 Å². The minimum atomic E-state index is -0.0364. The number of hydrogen-bond acceptors (Lipinski definition) is 3. The molecule has 0 N–H and O–H groups in total. The van der Waals surface area contributed by atoms with Crippen molar-refractivity contribution in [1.82, 2.24) is 4.90 Å². The first-order chi connectivity index (χ1) is 8.08. The number of cyclic esters (lactones) is 1. The second-order valence-electron chi connectivity index (χ2n) is 4.61. The summed E-state index contributed by atoms with van der Waals surface area (Å²) in [7, 11) is 4.19. The fourth-order valence-electron chi connectivity index (χ4n) is 1.89. The normalized spacial score (nSPS) is 28.9. The Morgan fingerprint density at radius 1 is 1.47 bits per heavy atom. The van der Waals surface area contributed by atoms with Crippen molar-refractivity contribution in [3.05, 3.63) is 30.0 Å². The predicted molar refractivity (Wildman–Crippen MR) is 67.6 cm³/mol. The van der Waals surface area contributed by atoms with E-state index in [9.17, 15) is 4.79 Å². The summed E-state index contributed by atoms with van der Waals surface area (Å²) in [5, 5.41) is 0. The Morgan fingerprint density at radius 2 is 2.24 bits per heavy atom. The fraction of sp³-hybridized carbons (Fsp3) is 0.538. The van der Waals surface area contributed by atoms with E-state index in [4.69, 9.17) is 4.74 Å². The van der Waals surface area contributed by atoms with Crippen LogP contribution < -0.4 is 0 Å². The van der Waals surface area contributed by atoms with Gasteiger partial charge >= 0.3 is 110 Å². The predicted octanol–water partition coefficient (Wildman–Crippen LogP) is 1.11. The molecule has 93 valence electrons. The molecule has 1 saturated heterocycles. The van der Waals surface area contributed by atoms with Crippen LogP contribution in [0.4, 0.5) is 0 Å². The van der Waals surface area contributed by atoms with Gasteiger partial charge in [-0.25, -0.2) is 0 Å². The van der Waals surface area contributed by atoms with Crippen LogP contribution in [0.25, 0.3) is 0 Å². The molecule has 2 atom stereocenters. The topological polar surface area (TPSA) is 29.5 Å². The Bertz CT molecular complexity index is 283. The van der Waals surface area contributed by atoms with E-state index < -0.39 is 0 Å². The number of rotatable bonds is 4. The van der Waals surface area contributed by atoms with Crippen molar-refractivity contribution in [3.8, 4) is 0 Å². The van der Waals surface area contributed by atoms with Gasteiger partial charge in [0.1, 0.15) is 0 Å². The zero-order chi connectivity index (χ0) is 12.4. The van der Waals surface area contributed by atoms with Gasteiger partial charge in [-0.2, -0.15) is 0 Å². The van der Waals surface area contributed by atoms with Gasteiger partial charge in [-0.15, -0.1) is 0 Å². The van der Waals surface area contributed by atoms with E-state index in [1.165, 1.54) is 10.7 Å². The van der Waals surface area contributed by atoms with E-state index in [1.54, 1.807) is 0 Å². The quantitative estimate of drug-likeness (QED) is 0.575. The third-order valence-electron chi connectivity index (χ3n) is 3.15. The Kier molecular flexibility index (Phi) is 4.51. The summed E-state index contributed by atoms with van der Waals surface area (Å²) in [5.74, 6) is 1.36. The number of ether oxygens (including phenoxy) is 1. The molecule has 2 rings (SSSR count). The molecule has 1 heterocycles. The van der Waals surface area contributed by atoms with E-state index in [-0.39, 0.29) is 5.97 Å². The van der Waals surface area contributed by atoms with Crippen molar-refractivity contribution in [2.24, 2.45) is 0 Å². The van der Waals surface area contributed by atoms with Crippen LogP contribution in [0.1, 0.15) is 13.3 Å². The Hall–Kier alpha value is -0.0505. The molecule has 0 aromatic carbocycles. The van der Waals surface area contributed by atoms with E-state index in [1.807, 2.05) is 0 Å². The first-order valence-corrected chi connectivity index (χ1v) is 7.67. The van der Waals surface area contributed by atoms with Crippen molar-refractivity contribution in [1.29, 1.82) is 0 Å². The number of carbonyl (C=O) groups excluding carboxylic acids is 1. The molecule has 1 saturated carbocycles. The SMILES string of the molecule is C[C@H]([C]1[CH][CH][CH][C]1[Se][C@H]1COC(=O)C1)N(C)C. The standard InChI is InChI=1S/C13H18NO2Se/c1-9(14(2)3)11-5-4-6-12(11)17-10-7-13(15)16-8-10/h4-6,9-10H,7-8H2,1-3H3/t9-,10-/m1/s1. The Balaban J connectivity index is 1.88. The molecule has 2 aliphatic rings. The molecule has 17 heavy (non-hydrogen) atoms. The molecule has 4 heteroatoms. The summed E-state index contributed by atoms with van der Waals surface area (Å²) in [6.07, 6.45) is 7.10. The molecule has 5 radical (unpaired) electrons. The zero-order valence-corrected chi connectivity index (χ0v) is 12.2. The average molecular weight is 299 g/mol. The Labute approximate surface area is 110 Å². The minimum absolute atomic E-state index is 0.0364. The maximum absolute atomic E-state index is 11.1. The number of hydrogen-bond donors (Lipinski definition) is 0. The van der Waals surface area contributed by atoms with E-state index in [0.717, 1.165) is 0 Å². The van der Waals surface area contributed by atoms with Crippen molar-refractivity contribution < 1.29 is 9.53 Å². The van der Waals surface area contributed by atoms with E-state index in [0.29, 0.717) is 38.8 Å². The van der Waals surface area contributed by atoms with Crippen LogP contribution in [0.3, 0.4) is 0 Å². The summed E-state index contributed by atoms with van der Waals surface area (Å²) >= 11 is 0.343. The molecule has 0 unspecified atom stereocenters. The van der Waals surface area contributed by atoms with Crippen LogP contribution in [0, 0.1) is 30.0 Å². The maximum atomic E-state index is 11.1. The first kappa shape index (κ1) is 13.4. The third-order valence-corrected chi connectivity index (χ3v) is 5.80. The Morgan fingerprint density at radius 3 is 2.82 bits per heavy atom.